The maximum absolute atomic E-state index is 13.6. The minimum absolute atomic E-state index is 0.0376. The van der Waals surface area contributed by atoms with Gasteiger partial charge in [0.05, 0.1) is 35.9 Å². The van der Waals surface area contributed by atoms with E-state index in [4.69, 9.17) is 15.2 Å². The molecule has 2 aromatic rings. The highest BCUT2D eigenvalue weighted by atomic mass is 32.2. The zero-order valence-electron chi connectivity index (χ0n) is 18.0. The summed E-state index contributed by atoms with van der Waals surface area (Å²) in [6, 6.07) is 4.59. The lowest BCUT2D eigenvalue weighted by molar-refractivity contribution is -0.161. The van der Waals surface area contributed by atoms with Crippen LogP contribution in [0.1, 0.15) is 22.5 Å². The molecule has 10 nitrogen and oxygen atoms in total. The first kappa shape index (κ1) is 24.6. The van der Waals surface area contributed by atoms with Gasteiger partial charge in [0.15, 0.2) is 5.37 Å². The number of hydrogen-bond donors (Lipinski definition) is 2. The van der Waals surface area contributed by atoms with Crippen LogP contribution in [0.4, 0.5) is 0 Å². The SMILES string of the molecule is COc1ccc(S(=O)(=O)C(c2csc(C)n2)N(O)C(CCN2CCOCC2)C(N)=O)cc1. The normalized spacial score (nSPS) is 17.2. The third-order valence-electron chi connectivity index (χ3n) is 5.28. The van der Waals surface area contributed by atoms with E-state index in [1.54, 1.807) is 12.3 Å². The molecule has 2 unspecified atom stereocenters. The topological polar surface area (TPSA) is 135 Å². The highest BCUT2D eigenvalue weighted by molar-refractivity contribution is 7.91. The minimum atomic E-state index is -4.16. The second-order valence-corrected chi connectivity index (χ2v) is 10.5. The summed E-state index contributed by atoms with van der Waals surface area (Å²) in [5, 5.41) is 12.2. The lowest BCUT2D eigenvalue weighted by Crippen LogP contribution is -2.49. The number of amides is 1. The quantitative estimate of drug-likeness (QED) is 0.477. The molecule has 32 heavy (non-hydrogen) atoms. The average molecular weight is 485 g/mol. The highest BCUT2D eigenvalue weighted by Gasteiger charge is 2.41. The molecule has 0 radical (unpaired) electrons. The van der Waals surface area contributed by atoms with Gasteiger partial charge in [0.1, 0.15) is 11.8 Å². The van der Waals surface area contributed by atoms with Gasteiger partial charge in [-0.3, -0.25) is 9.69 Å². The van der Waals surface area contributed by atoms with Gasteiger partial charge in [-0.1, -0.05) is 0 Å². The Labute approximate surface area is 191 Å². The van der Waals surface area contributed by atoms with Gasteiger partial charge in [0, 0.05) is 25.0 Å². The smallest absolute Gasteiger partial charge is 0.237 e. The Kier molecular flexibility index (Phi) is 8.20. The molecule has 3 N–H and O–H groups in total. The summed E-state index contributed by atoms with van der Waals surface area (Å²) in [5.74, 6) is -0.325. The van der Waals surface area contributed by atoms with Gasteiger partial charge in [-0.05, 0) is 37.6 Å². The van der Waals surface area contributed by atoms with Gasteiger partial charge in [-0.15, -0.1) is 11.3 Å². The number of hydroxylamine groups is 2. The van der Waals surface area contributed by atoms with E-state index in [1.807, 2.05) is 0 Å². The Hall–Kier alpha value is -2.09. The molecule has 3 rings (SSSR count). The maximum Gasteiger partial charge on any atom is 0.237 e. The Morgan fingerprint density at radius 3 is 2.53 bits per heavy atom. The van der Waals surface area contributed by atoms with E-state index in [9.17, 15) is 18.4 Å². The van der Waals surface area contributed by atoms with Crippen LogP contribution < -0.4 is 10.5 Å². The molecule has 12 heteroatoms. The van der Waals surface area contributed by atoms with E-state index in [-0.39, 0.29) is 17.0 Å². The lowest BCUT2D eigenvalue weighted by Gasteiger charge is -2.32. The molecule has 0 saturated carbocycles. The van der Waals surface area contributed by atoms with Crippen LogP contribution >= 0.6 is 11.3 Å². The molecule has 2 heterocycles. The molecule has 0 bridgehead atoms. The van der Waals surface area contributed by atoms with Gasteiger partial charge < -0.3 is 20.4 Å². The predicted octanol–water partition coefficient (Wildman–Crippen LogP) is 1.20. The monoisotopic (exact) mass is 484 g/mol. The molecule has 0 aliphatic carbocycles. The van der Waals surface area contributed by atoms with E-state index in [1.165, 1.54) is 42.7 Å². The van der Waals surface area contributed by atoms with Crippen LogP contribution in [-0.2, 0) is 19.4 Å². The zero-order chi connectivity index (χ0) is 23.3. The zero-order valence-corrected chi connectivity index (χ0v) is 19.6. The molecule has 2 atom stereocenters. The highest BCUT2D eigenvalue weighted by Crippen LogP contribution is 2.34. The third-order valence-corrected chi connectivity index (χ3v) is 8.05. The molecule has 176 valence electrons. The number of carbonyl (C=O) groups excluding carboxylic acids is 1. The van der Waals surface area contributed by atoms with Gasteiger partial charge in [-0.2, -0.15) is 5.06 Å². The van der Waals surface area contributed by atoms with E-state index >= 15 is 0 Å². The molecule has 1 aliphatic heterocycles. The first-order chi connectivity index (χ1) is 15.2. The fourth-order valence-corrected chi connectivity index (χ4v) is 5.88. The van der Waals surface area contributed by atoms with Gasteiger partial charge in [0.25, 0.3) is 0 Å². The molecule has 0 spiro atoms. The summed E-state index contributed by atoms with van der Waals surface area (Å²) in [5.41, 5.74) is 5.71. The molecule has 1 aromatic heterocycles. The van der Waals surface area contributed by atoms with Crippen LogP contribution in [0.5, 0.6) is 5.75 Å². The molecule has 1 aliphatic rings. The van der Waals surface area contributed by atoms with E-state index in [0.717, 1.165) is 0 Å². The van der Waals surface area contributed by atoms with E-state index in [2.05, 4.69) is 9.88 Å². The van der Waals surface area contributed by atoms with Crippen molar-refractivity contribution in [1.29, 1.82) is 0 Å². The molecule has 1 fully saturated rings. The average Bonchev–Trinajstić information content (AvgIpc) is 3.19. The van der Waals surface area contributed by atoms with Crippen LogP contribution in [0.2, 0.25) is 0 Å². The molecular weight excluding hydrogens is 456 g/mol. The third kappa shape index (κ3) is 5.63. The van der Waals surface area contributed by atoms with Crippen molar-refractivity contribution in [2.45, 2.75) is 29.7 Å². The van der Waals surface area contributed by atoms with Crippen molar-refractivity contribution in [3.05, 3.63) is 40.3 Å². The number of morpholine rings is 1. The summed E-state index contributed by atoms with van der Waals surface area (Å²) in [6.07, 6.45) is 0.156. The Balaban J connectivity index is 1.93. The standard InChI is InChI=1S/C20H28N4O6S2/c1-14-22-17(13-31-14)20(32(27,28)16-5-3-15(29-2)4-6-16)24(26)18(19(21)25)7-8-23-9-11-30-12-10-23/h3-6,13,18,20,26H,7-12H2,1-2H3,(H2,21,25). The van der Waals surface area contributed by atoms with Crippen molar-refractivity contribution in [2.24, 2.45) is 5.73 Å². The summed E-state index contributed by atoms with van der Waals surface area (Å²) in [4.78, 5) is 18.6. The van der Waals surface area contributed by atoms with Crippen LogP contribution in [0, 0.1) is 6.92 Å². The van der Waals surface area contributed by atoms with Crippen LogP contribution in [-0.4, -0.2) is 80.5 Å². The number of aromatic nitrogens is 1. The second-order valence-electron chi connectivity index (χ2n) is 7.41. The fraction of sp³-hybridized carbons (Fsp3) is 0.500. The molecule has 1 saturated heterocycles. The second kappa shape index (κ2) is 10.7. The lowest BCUT2D eigenvalue weighted by atomic mass is 10.1. The van der Waals surface area contributed by atoms with Crippen molar-refractivity contribution in [3.8, 4) is 5.75 Å². The Bertz CT molecular complexity index is 1010. The number of aryl methyl sites for hydroxylation is 1. The van der Waals surface area contributed by atoms with Gasteiger partial charge >= 0.3 is 0 Å². The number of rotatable bonds is 10. The van der Waals surface area contributed by atoms with Crippen LogP contribution in [0.3, 0.4) is 0 Å². The van der Waals surface area contributed by atoms with Gasteiger partial charge in [0.2, 0.25) is 15.7 Å². The fourth-order valence-electron chi connectivity index (χ4n) is 3.52. The number of benzene rings is 1. The molecule has 1 aromatic carbocycles. The van der Waals surface area contributed by atoms with E-state index in [0.29, 0.717) is 48.7 Å². The summed E-state index contributed by atoms with van der Waals surface area (Å²) in [7, 11) is -2.69. The molecule has 1 amide bonds. The minimum Gasteiger partial charge on any atom is -0.497 e. The first-order valence-corrected chi connectivity index (χ1v) is 12.5. The number of methoxy groups -OCH3 is 1. The largest absolute Gasteiger partial charge is 0.497 e. The van der Waals surface area contributed by atoms with Crippen LogP contribution in [0.25, 0.3) is 0 Å². The van der Waals surface area contributed by atoms with Crippen molar-refractivity contribution in [1.82, 2.24) is 14.9 Å². The van der Waals surface area contributed by atoms with Crippen LogP contribution in [0.15, 0.2) is 34.5 Å². The van der Waals surface area contributed by atoms with Crippen molar-refractivity contribution in [3.63, 3.8) is 0 Å². The predicted molar refractivity (Wildman–Crippen MR) is 118 cm³/mol. The summed E-state index contributed by atoms with van der Waals surface area (Å²) >= 11 is 1.25. The van der Waals surface area contributed by atoms with E-state index < -0.39 is 27.2 Å². The summed E-state index contributed by atoms with van der Waals surface area (Å²) < 4.78 is 37.5. The number of hydrogen-bond acceptors (Lipinski definition) is 10. The van der Waals surface area contributed by atoms with Crippen molar-refractivity contribution < 1.29 is 27.9 Å². The summed E-state index contributed by atoms with van der Waals surface area (Å²) in [6.45, 7) is 4.73. The number of primary amides is 1. The maximum atomic E-state index is 13.6. The number of thiazole rings is 1. The Morgan fingerprint density at radius 2 is 2.00 bits per heavy atom. The number of nitrogens with two attached hydrogens (primary N) is 1. The number of sulfone groups is 1. The number of nitrogens with zero attached hydrogens (tertiary/aromatic N) is 3. The number of ether oxygens (including phenoxy) is 2. The Morgan fingerprint density at radius 1 is 1.34 bits per heavy atom. The molecular formula is C20H28N4O6S2. The number of carbonyl (C=O) groups is 1. The first-order valence-electron chi connectivity index (χ1n) is 10.1. The van der Waals surface area contributed by atoms with Gasteiger partial charge in [-0.25, -0.2) is 13.4 Å². The van der Waals surface area contributed by atoms with Crippen molar-refractivity contribution in [2.75, 3.05) is 40.0 Å². The van der Waals surface area contributed by atoms with Crippen molar-refractivity contribution >= 4 is 27.1 Å².